The first-order valence-electron chi connectivity index (χ1n) is 5.26. The first-order valence-corrected chi connectivity index (χ1v) is 6.34. The van der Waals surface area contributed by atoms with Gasteiger partial charge in [-0.05, 0) is 48.4 Å². The number of aryl methyl sites for hydroxylation is 1. The Morgan fingerprint density at radius 3 is 3.14 bits per heavy atom. The van der Waals surface area contributed by atoms with E-state index in [4.69, 9.17) is 0 Å². The third-order valence-electron chi connectivity index (χ3n) is 2.72. The molecule has 14 heavy (non-hydrogen) atoms. The summed E-state index contributed by atoms with van der Waals surface area (Å²) in [7, 11) is 0. The molecule has 0 spiro atoms. The number of hydrogen-bond acceptors (Lipinski definition) is 2. The summed E-state index contributed by atoms with van der Waals surface area (Å²) in [4.78, 5) is 0. The maximum Gasteiger partial charge on any atom is 0.0623 e. The minimum Gasteiger partial charge on any atom is -0.314 e. The lowest BCUT2D eigenvalue weighted by atomic mass is 10.0. The molecule has 1 aliphatic heterocycles. The molecule has 2 heterocycles. The monoisotopic (exact) mass is 305 g/mol. The van der Waals surface area contributed by atoms with Crippen LogP contribution in [0.4, 0.5) is 0 Å². The van der Waals surface area contributed by atoms with Crippen molar-refractivity contribution >= 4 is 22.6 Å². The number of hydrogen-bond donors (Lipinski definition) is 1. The van der Waals surface area contributed by atoms with E-state index >= 15 is 0 Å². The van der Waals surface area contributed by atoms with E-state index in [-0.39, 0.29) is 0 Å². The lowest BCUT2D eigenvalue weighted by molar-refractivity contribution is 0.360. The van der Waals surface area contributed by atoms with Crippen LogP contribution < -0.4 is 5.32 Å². The zero-order valence-electron chi connectivity index (χ0n) is 8.25. The van der Waals surface area contributed by atoms with E-state index in [1.807, 2.05) is 10.9 Å². The van der Waals surface area contributed by atoms with Gasteiger partial charge in [-0.25, -0.2) is 0 Å². The standard InChI is InChI=1S/C10H16IN3/c11-9-7-13-14(8-9)6-4-10-3-1-2-5-12-10/h7-8,10,12H,1-6H2. The summed E-state index contributed by atoms with van der Waals surface area (Å²) in [6.07, 6.45) is 9.28. The van der Waals surface area contributed by atoms with Crippen molar-refractivity contribution in [2.45, 2.75) is 38.3 Å². The van der Waals surface area contributed by atoms with Crippen LogP contribution in [0.2, 0.25) is 0 Å². The summed E-state index contributed by atoms with van der Waals surface area (Å²) in [5, 5.41) is 7.83. The highest BCUT2D eigenvalue weighted by atomic mass is 127. The molecule has 1 aliphatic rings. The van der Waals surface area contributed by atoms with Gasteiger partial charge in [-0.2, -0.15) is 5.10 Å². The highest BCUT2D eigenvalue weighted by Gasteiger charge is 2.11. The molecule has 1 unspecified atom stereocenters. The van der Waals surface area contributed by atoms with E-state index in [0.717, 1.165) is 6.54 Å². The average molecular weight is 305 g/mol. The fourth-order valence-corrected chi connectivity index (χ4v) is 2.37. The Balaban J connectivity index is 1.76. The highest BCUT2D eigenvalue weighted by Crippen LogP contribution is 2.11. The van der Waals surface area contributed by atoms with Crippen molar-refractivity contribution in [2.75, 3.05) is 6.54 Å². The topological polar surface area (TPSA) is 29.9 Å². The number of piperidine rings is 1. The van der Waals surface area contributed by atoms with Gasteiger partial charge in [-0.3, -0.25) is 4.68 Å². The third-order valence-corrected chi connectivity index (χ3v) is 3.28. The Morgan fingerprint density at radius 1 is 1.57 bits per heavy atom. The SMILES string of the molecule is Ic1cnn(CCC2CCCCN2)c1. The van der Waals surface area contributed by atoms with E-state index < -0.39 is 0 Å². The summed E-state index contributed by atoms with van der Waals surface area (Å²) in [5.41, 5.74) is 0. The lowest BCUT2D eigenvalue weighted by Crippen LogP contribution is -2.34. The zero-order valence-corrected chi connectivity index (χ0v) is 10.4. The first kappa shape index (κ1) is 10.4. The molecule has 0 bridgehead atoms. The number of nitrogens with zero attached hydrogens (tertiary/aromatic N) is 2. The maximum atomic E-state index is 4.28. The molecule has 0 aliphatic carbocycles. The highest BCUT2D eigenvalue weighted by molar-refractivity contribution is 14.1. The van der Waals surface area contributed by atoms with Gasteiger partial charge in [0, 0.05) is 18.8 Å². The van der Waals surface area contributed by atoms with Crippen molar-refractivity contribution in [3.8, 4) is 0 Å². The van der Waals surface area contributed by atoms with Gasteiger partial charge < -0.3 is 5.32 Å². The predicted molar refractivity (Wildman–Crippen MR) is 65.2 cm³/mol. The van der Waals surface area contributed by atoms with Gasteiger partial charge in [0.1, 0.15) is 0 Å². The normalized spacial score (nSPS) is 22.5. The van der Waals surface area contributed by atoms with Crippen molar-refractivity contribution in [1.82, 2.24) is 15.1 Å². The Labute approximate surface area is 98.4 Å². The van der Waals surface area contributed by atoms with Crippen LogP contribution in [-0.4, -0.2) is 22.4 Å². The number of rotatable bonds is 3. The molecule has 1 atom stereocenters. The molecule has 78 valence electrons. The van der Waals surface area contributed by atoms with E-state index in [1.54, 1.807) is 0 Å². The van der Waals surface area contributed by atoms with Crippen LogP contribution in [0.3, 0.4) is 0 Å². The fraction of sp³-hybridized carbons (Fsp3) is 0.700. The Kier molecular flexibility index (Phi) is 3.81. The van der Waals surface area contributed by atoms with Crippen LogP contribution in [0, 0.1) is 3.57 Å². The van der Waals surface area contributed by atoms with Crippen molar-refractivity contribution in [1.29, 1.82) is 0 Å². The fourth-order valence-electron chi connectivity index (χ4n) is 1.92. The molecule has 1 N–H and O–H groups in total. The van der Waals surface area contributed by atoms with Gasteiger partial charge in [-0.15, -0.1) is 0 Å². The van der Waals surface area contributed by atoms with E-state index in [0.29, 0.717) is 6.04 Å². The second-order valence-electron chi connectivity index (χ2n) is 3.86. The maximum absolute atomic E-state index is 4.28. The van der Waals surface area contributed by atoms with Crippen LogP contribution in [-0.2, 0) is 6.54 Å². The molecular formula is C10H16IN3. The Bertz CT molecular complexity index is 279. The molecule has 4 heteroatoms. The van der Waals surface area contributed by atoms with Gasteiger partial charge in [0.15, 0.2) is 0 Å². The van der Waals surface area contributed by atoms with Gasteiger partial charge in [0.2, 0.25) is 0 Å². The molecule has 0 amide bonds. The minimum absolute atomic E-state index is 0.714. The quantitative estimate of drug-likeness (QED) is 0.866. The predicted octanol–water partition coefficient (Wildman–Crippen LogP) is 2.02. The number of aromatic nitrogens is 2. The van der Waals surface area contributed by atoms with Gasteiger partial charge >= 0.3 is 0 Å². The molecule has 0 radical (unpaired) electrons. The van der Waals surface area contributed by atoms with Crippen molar-refractivity contribution in [3.63, 3.8) is 0 Å². The average Bonchev–Trinajstić information content (AvgIpc) is 2.63. The van der Waals surface area contributed by atoms with Crippen LogP contribution in [0.25, 0.3) is 0 Å². The van der Waals surface area contributed by atoms with Crippen LogP contribution in [0.5, 0.6) is 0 Å². The zero-order chi connectivity index (χ0) is 9.80. The number of nitrogens with one attached hydrogen (secondary N) is 1. The molecule has 0 saturated carbocycles. The van der Waals surface area contributed by atoms with Crippen molar-refractivity contribution < 1.29 is 0 Å². The smallest absolute Gasteiger partial charge is 0.0623 e. The number of halogens is 1. The van der Waals surface area contributed by atoms with Gasteiger partial charge in [0.25, 0.3) is 0 Å². The van der Waals surface area contributed by atoms with E-state index in [9.17, 15) is 0 Å². The molecule has 3 nitrogen and oxygen atoms in total. The summed E-state index contributed by atoms with van der Waals surface area (Å²) in [6.45, 7) is 2.24. The van der Waals surface area contributed by atoms with Gasteiger partial charge in [0.05, 0.1) is 9.77 Å². The van der Waals surface area contributed by atoms with Crippen LogP contribution in [0.15, 0.2) is 12.4 Å². The second-order valence-corrected chi connectivity index (χ2v) is 5.10. The molecule has 1 aromatic rings. The van der Waals surface area contributed by atoms with E-state index in [1.165, 1.54) is 35.8 Å². The molecule has 1 saturated heterocycles. The third kappa shape index (κ3) is 2.95. The largest absolute Gasteiger partial charge is 0.314 e. The molecule has 1 aromatic heterocycles. The van der Waals surface area contributed by atoms with Crippen LogP contribution >= 0.6 is 22.6 Å². The molecule has 1 fully saturated rings. The summed E-state index contributed by atoms with van der Waals surface area (Å²) in [5.74, 6) is 0. The van der Waals surface area contributed by atoms with Crippen molar-refractivity contribution in [3.05, 3.63) is 16.0 Å². The summed E-state index contributed by atoms with van der Waals surface area (Å²) < 4.78 is 3.26. The Hall–Kier alpha value is -0.100. The van der Waals surface area contributed by atoms with E-state index in [2.05, 4.69) is 39.2 Å². The second kappa shape index (κ2) is 5.11. The molecule has 0 aromatic carbocycles. The van der Waals surface area contributed by atoms with Crippen molar-refractivity contribution in [2.24, 2.45) is 0 Å². The first-order chi connectivity index (χ1) is 6.84. The lowest BCUT2D eigenvalue weighted by Gasteiger charge is -2.23. The van der Waals surface area contributed by atoms with Crippen LogP contribution in [0.1, 0.15) is 25.7 Å². The Morgan fingerprint density at radius 2 is 2.50 bits per heavy atom. The van der Waals surface area contributed by atoms with Gasteiger partial charge in [-0.1, -0.05) is 6.42 Å². The summed E-state index contributed by atoms with van der Waals surface area (Å²) in [6, 6.07) is 0.714. The molecule has 2 rings (SSSR count). The molecular weight excluding hydrogens is 289 g/mol. The summed E-state index contributed by atoms with van der Waals surface area (Å²) >= 11 is 2.30. The minimum atomic E-state index is 0.714.